The zero-order chi connectivity index (χ0) is 49.8. The molecule has 2 nitrogen and oxygen atoms in total. The zero-order valence-electron chi connectivity index (χ0n) is 41.0. The highest BCUT2D eigenvalue weighted by Gasteiger charge is 2.24. The number of furan rings is 1. The molecule has 3 heterocycles. The van der Waals surface area contributed by atoms with E-state index in [0.29, 0.717) is 0 Å². The predicted octanol–water partition coefficient (Wildman–Crippen LogP) is 21.9. The van der Waals surface area contributed by atoms with Gasteiger partial charge in [0, 0.05) is 73.6 Å². The van der Waals surface area contributed by atoms with E-state index in [0.717, 1.165) is 44.4 Å². The summed E-state index contributed by atoms with van der Waals surface area (Å²) < 4.78 is 12.2. The molecule has 0 unspecified atom stereocenters. The van der Waals surface area contributed by atoms with Crippen molar-refractivity contribution in [3.05, 3.63) is 261 Å². The van der Waals surface area contributed by atoms with Crippen molar-refractivity contribution in [3.63, 3.8) is 0 Å². The highest BCUT2D eigenvalue weighted by Crippen LogP contribution is 2.51. The van der Waals surface area contributed by atoms with Gasteiger partial charge in [0.1, 0.15) is 5.58 Å². The Labute approximate surface area is 446 Å². The van der Waals surface area contributed by atoms with Crippen molar-refractivity contribution in [3.8, 4) is 44.5 Å². The molecule has 0 bridgehead atoms. The summed E-state index contributed by atoms with van der Waals surface area (Å²) in [7, 11) is 0. The Morgan fingerprint density at radius 3 is 1.17 bits per heavy atom. The predicted molar refractivity (Wildman–Crippen MR) is 328 cm³/mol. The Morgan fingerprint density at radius 2 is 0.671 bits per heavy atom. The van der Waals surface area contributed by atoms with Crippen molar-refractivity contribution in [2.24, 2.45) is 0 Å². The molecule has 16 aromatic rings. The fourth-order valence-electron chi connectivity index (χ4n) is 12.1. The van der Waals surface area contributed by atoms with Crippen LogP contribution in [0.4, 0.5) is 17.1 Å². The summed E-state index contributed by atoms with van der Waals surface area (Å²) in [6.07, 6.45) is 0. The van der Waals surface area contributed by atoms with E-state index in [9.17, 15) is 0 Å². The summed E-state index contributed by atoms with van der Waals surface area (Å²) in [5, 5.41) is 14.9. The lowest BCUT2D eigenvalue weighted by molar-refractivity contribution is 0.669. The second-order valence-corrected chi connectivity index (χ2v) is 21.9. The number of fused-ring (bicyclic) bond motifs is 15. The molecule has 0 aliphatic rings. The lowest BCUT2D eigenvalue weighted by Gasteiger charge is -2.26. The third-order valence-corrected chi connectivity index (χ3v) is 18.2. The summed E-state index contributed by atoms with van der Waals surface area (Å²) in [6, 6.07) is 95.6. The van der Waals surface area contributed by atoms with E-state index in [1.54, 1.807) is 0 Å². The van der Waals surface area contributed by atoms with Crippen LogP contribution in [0.5, 0.6) is 0 Å². The molecule has 3 aromatic heterocycles. The van der Waals surface area contributed by atoms with Gasteiger partial charge >= 0.3 is 0 Å². The van der Waals surface area contributed by atoms with Crippen LogP contribution in [-0.2, 0) is 0 Å². The number of anilines is 3. The Hall–Kier alpha value is -9.32. The van der Waals surface area contributed by atoms with Crippen molar-refractivity contribution >= 4 is 134 Å². The van der Waals surface area contributed by atoms with Crippen molar-refractivity contribution in [1.82, 2.24) is 0 Å². The van der Waals surface area contributed by atoms with Gasteiger partial charge in [0.15, 0.2) is 5.58 Å². The van der Waals surface area contributed by atoms with Gasteiger partial charge in [-0.25, -0.2) is 0 Å². The van der Waals surface area contributed by atoms with Crippen molar-refractivity contribution in [1.29, 1.82) is 0 Å². The highest BCUT2D eigenvalue weighted by atomic mass is 32.1. The molecule has 16 rings (SSSR count). The van der Waals surface area contributed by atoms with E-state index >= 15 is 0 Å². The molecule has 0 saturated heterocycles. The quantitative estimate of drug-likeness (QED) is 0.158. The van der Waals surface area contributed by atoms with Crippen LogP contribution in [0.1, 0.15) is 0 Å². The SMILES string of the molecule is c1ccc(-c2cc3ccccc3c3c2sc2c(-c4ccc(N(c5ccc(-c6cccc7c6sc6c(-c8ccccc8)cc8ccccc8c67)cc5)c5cc6ccccc6c6c5oc5ccccc56)cc4)cccc23)cc1. The molecule has 4 heteroatoms. The number of hydrogen-bond acceptors (Lipinski definition) is 4. The third-order valence-electron chi connectivity index (χ3n) is 15.6. The average Bonchev–Trinajstić information content (AvgIpc) is 4.26. The topological polar surface area (TPSA) is 16.4 Å². The molecule has 13 aromatic carbocycles. The average molecular weight is 1000 g/mol. The minimum atomic E-state index is 0.862. The van der Waals surface area contributed by atoms with E-state index in [-0.39, 0.29) is 0 Å². The number of hydrogen-bond donors (Lipinski definition) is 0. The van der Waals surface area contributed by atoms with E-state index in [2.05, 4.69) is 266 Å². The second-order valence-electron chi connectivity index (χ2n) is 19.8. The van der Waals surface area contributed by atoms with Gasteiger partial charge in [0.05, 0.1) is 5.69 Å². The van der Waals surface area contributed by atoms with Crippen molar-refractivity contribution in [2.75, 3.05) is 4.90 Å². The molecule has 354 valence electrons. The molecule has 0 fully saturated rings. The van der Waals surface area contributed by atoms with Crippen LogP contribution in [0.25, 0.3) is 139 Å². The Balaban J connectivity index is 0.870. The highest BCUT2D eigenvalue weighted by molar-refractivity contribution is 7.27. The fourth-order valence-corrected chi connectivity index (χ4v) is 14.9. The van der Waals surface area contributed by atoms with Gasteiger partial charge < -0.3 is 9.32 Å². The van der Waals surface area contributed by atoms with Gasteiger partial charge in [-0.3, -0.25) is 0 Å². The molecule has 0 atom stereocenters. The first-order valence-electron chi connectivity index (χ1n) is 25.9. The lowest BCUT2D eigenvalue weighted by Crippen LogP contribution is -2.10. The summed E-state index contributed by atoms with van der Waals surface area (Å²) in [6.45, 7) is 0. The first-order valence-corrected chi connectivity index (χ1v) is 27.5. The molecule has 0 N–H and O–H groups in total. The van der Waals surface area contributed by atoms with Crippen LogP contribution in [0.3, 0.4) is 0 Å². The molecule has 0 aliphatic heterocycles. The minimum Gasteiger partial charge on any atom is -0.454 e. The van der Waals surface area contributed by atoms with Gasteiger partial charge in [-0.2, -0.15) is 0 Å². The molecular formula is C72H43NOS2. The largest absolute Gasteiger partial charge is 0.454 e. The number of nitrogens with zero attached hydrogens (tertiary/aromatic N) is 1. The van der Waals surface area contributed by atoms with Gasteiger partial charge in [-0.15, -0.1) is 22.7 Å². The van der Waals surface area contributed by atoms with Crippen LogP contribution in [0, 0.1) is 0 Å². The van der Waals surface area contributed by atoms with Gasteiger partial charge in [0.25, 0.3) is 0 Å². The second kappa shape index (κ2) is 17.1. The Kier molecular flexibility index (Phi) is 9.71. The molecule has 0 saturated carbocycles. The molecular weight excluding hydrogens is 959 g/mol. The maximum atomic E-state index is 6.96. The van der Waals surface area contributed by atoms with Gasteiger partial charge in [0.2, 0.25) is 0 Å². The van der Waals surface area contributed by atoms with Crippen LogP contribution < -0.4 is 4.90 Å². The summed E-state index contributed by atoms with van der Waals surface area (Å²) >= 11 is 3.81. The van der Waals surface area contributed by atoms with Crippen molar-refractivity contribution in [2.45, 2.75) is 0 Å². The number of thiophene rings is 2. The maximum absolute atomic E-state index is 6.96. The number of rotatable bonds is 7. The van der Waals surface area contributed by atoms with E-state index in [1.807, 2.05) is 22.7 Å². The fraction of sp³-hybridized carbons (Fsp3) is 0. The molecule has 76 heavy (non-hydrogen) atoms. The standard InChI is InChI=1S/C72H43NOS2/c1-3-17-44(18-4-1)61-41-48-21-7-11-25-54(48)66-59-30-15-28-56(69(59)75-71(61)66)46-33-37-51(38-34-46)73(63-43-50-23-9-10-24-53(50)65-58-27-13-14-32-64(58)74-68(63)65)52-39-35-47(36-40-52)57-29-16-31-60-67-55-26-12-8-22-49(55)42-62(72(67)76-70(57)60)45-19-5-2-6-20-45/h1-43H. The van der Waals surface area contributed by atoms with Crippen LogP contribution in [0.2, 0.25) is 0 Å². The Morgan fingerprint density at radius 1 is 0.276 bits per heavy atom. The first-order chi connectivity index (χ1) is 37.7. The van der Waals surface area contributed by atoms with Gasteiger partial charge in [-0.05, 0) is 114 Å². The Bertz CT molecular complexity index is 4730. The van der Waals surface area contributed by atoms with E-state index in [4.69, 9.17) is 4.42 Å². The van der Waals surface area contributed by atoms with E-state index in [1.165, 1.54) is 112 Å². The van der Waals surface area contributed by atoms with Crippen LogP contribution in [-0.4, -0.2) is 0 Å². The number of benzene rings is 13. The third kappa shape index (κ3) is 6.64. The normalized spacial score (nSPS) is 11.9. The first kappa shape index (κ1) is 43.1. The van der Waals surface area contributed by atoms with Crippen LogP contribution in [0.15, 0.2) is 265 Å². The van der Waals surface area contributed by atoms with Gasteiger partial charge in [-0.1, -0.05) is 212 Å². The maximum Gasteiger partial charge on any atom is 0.160 e. The lowest BCUT2D eigenvalue weighted by atomic mass is 9.95. The smallest absolute Gasteiger partial charge is 0.160 e. The summed E-state index contributed by atoms with van der Waals surface area (Å²) in [4.78, 5) is 2.39. The molecule has 0 radical (unpaired) electrons. The summed E-state index contributed by atoms with van der Waals surface area (Å²) in [5.74, 6) is 0. The van der Waals surface area contributed by atoms with Crippen LogP contribution >= 0.6 is 22.7 Å². The molecule has 0 aliphatic carbocycles. The van der Waals surface area contributed by atoms with E-state index < -0.39 is 0 Å². The minimum absolute atomic E-state index is 0.862. The molecule has 0 spiro atoms. The van der Waals surface area contributed by atoms with Crippen molar-refractivity contribution < 1.29 is 4.42 Å². The number of para-hydroxylation sites is 1. The zero-order valence-corrected chi connectivity index (χ0v) is 42.6. The monoisotopic (exact) mass is 1000 g/mol. The summed E-state index contributed by atoms with van der Waals surface area (Å²) in [5.41, 5.74) is 14.6. The molecule has 0 amide bonds.